The molecule has 1 aromatic heterocycles. The van der Waals surface area contributed by atoms with Crippen molar-refractivity contribution in [3.63, 3.8) is 0 Å². The highest BCUT2D eigenvalue weighted by molar-refractivity contribution is 5.94. The number of methoxy groups -OCH3 is 1. The van der Waals surface area contributed by atoms with Crippen molar-refractivity contribution >= 4 is 22.7 Å². The van der Waals surface area contributed by atoms with Crippen molar-refractivity contribution in [3.05, 3.63) is 58.6 Å². The van der Waals surface area contributed by atoms with Gasteiger partial charge in [-0.15, -0.1) is 0 Å². The lowest BCUT2D eigenvalue weighted by molar-refractivity contribution is -0.117. The van der Waals surface area contributed by atoms with Crippen LogP contribution in [0.25, 0.3) is 11.1 Å². The lowest BCUT2D eigenvalue weighted by atomic mass is 9.82. The van der Waals surface area contributed by atoms with E-state index in [1.807, 2.05) is 12.1 Å². The summed E-state index contributed by atoms with van der Waals surface area (Å²) in [6, 6.07) is 14.2. The molecule has 2 fully saturated rings. The standard InChI is InChI=1S/C25H30N4O4/c1-27-13-19(16-4-7-18(32-3)8-5-16)20-14-29(11-10-21(20)27)15-24(30)26-17-6-9-22-23(12-17)33-25(31)28(22)2/h4-9,12,19-21H,10-11,13-15H2,1-3H3,(H,26,30)/t19-,20-,21-/m1/s1. The monoisotopic (exact) mass is 450 g/mol. The van der Waals surface area contributed by atoms with E-state index in [2.05, 4.69) is 34.3 Å². The average Bonchev–Trinajstić information content (AvgIpc) is 3.29. The number of likely N-dealkylation sites (N-methyl/N-ethyl adjacent to an activating group) is 1. The molecular weight excluding hydrogens is 420 g/mol. The van der Waals surface area contributed by atoms with Gasteiger partial charge in [-0.25, -0.2) is 4.79 Å². The number of likely N-dealkylation sites (tertiary alicyclic amines) is 2. The Kier molecular flexibility index (Phi) is 5.72. The molecule has 8 heteroatoms. The van der Waals surface area contributed by atoms with Crippen molar-refractivity contribution < 1.29 is 13.9 Å². The zero-order valence-corrected chi connectivity index (χ0v) is 19.3. The summed E-state index contributed by atoms with van der Waals surface area (Å²) in [5.41, 5.74) is 3.14. The zero-order chi connectivity index (χ0) is 23.1. The van der Waals surface area contributed by atoms with Crippen molar-refractivity contribution in [1.29, 1.82) is 0 Å². The fraction of sp³-hybridized carbons (Fsp3) is 0.440. The van der Waals surface area contributed by atoms with Gasteiger partial charge in [-0.2, -0.15) is 0 Å². The maximum atomic E-state index is 12.8. The molecule has 1 N–H and O–H groups in total. The molecule has 2 saturated heterocycles. The SMILES string of the molecule is COc1ccc([C@H]2CN(C)[C@@H]3CCN(CC(=O)Nc4ccc5c(c4)oc(=O)n5C)C[C@H]23)cc1. The third-order valence-corrected chi connectivity index (χ3v) is 7.26. The summed E-state index contributed by atoms with van der Waals surface area (Å²) < 4.78 is 12.0. The summed E-state index contributed by atoms with van der Waals surface area (Å²) in [5, 5.41) is 2.96. The molecule has 3 aromatic rings. The van der Waals surface area contributed by atoms with E-state index in [1.54, 1.807) is 32.4 Å². The van der Waals surface area contributed by atoms with Gasteiger partial charge in [0.2, 0.25) is 5.91 Å². The lowest BCUT2D eigenvalue weighted by Crippen LogP contribution is -2.47. The van der Waals surface area contributed by atoms with Gasteiger partial charge in [-0.3, -0.25) is 14.3 Å². The van der Waals surface area contributed by atoms with Gasteiger partial charge < -0.3 is 19.4 Å². The number of amides is 1. The van der Waals surface area contributed by atoms with Crippen LogP contribution in [0.5, 0.6) is 5.75 Å². The molecule has 174 valence electrons. The Hall–Kier alpha value is -3.10. The summed E-state index contributed by atoms with van der Waals surface area (Å²) in [4.78, 5) is 29.2. The molecule has 0 spiro atoms. The molecule has 3 atom stereocenters. The number of benzene rings is 2. The first-order valence-electron chi connectivity index (χ1n) is 11.4. The lowest BCUT2D eigenvalue weighted by Gasteiger charge is -2.38. The molecule has 0 aliphatic carbocycles. The number of piperidine rings is 1. The third-order valence-electron chi connectivity index (χ3n) is 7.26. The molecule has 0 unspecified atom stereocenters. The number of fused-ring (bicyclic) bond motifs is 2. The molecule has 1 amide bonds. The topological polar surface area (TPSA) is 80.0 Å². The number of carbonyl (C=O) groups excluding carboxylic acids is 1. The van der Waals surface area contributed by atoms with Gasteiger partial charge in [0.05, 0.1) is 19.2 Å². The second-order valence-corrected chi connectivity index (χ2v) is 9.23. The Morgan fingerprint density at radius 2 is 1.94 bits per heavy atom. The smallest absolute Gasteiger partial charge is 0.419 e. The van der Waals surface area contributed by atoms with Crippen LogP contribution in [-0.2, 0) is 11.8 Å². The van der Waals surface area contributed by atoms with Crippen LogP contribution in [0.3, 0.4) is 0 Å². The van der Waals surface area contributed by atoms with Crippen LogP contribution in [0.1, 0.15) is 17.9 Å². The van der Waals surface area contributed by atoms with Gasteiger partial charge in [0.15, 0.2) is 5.58 Å². The minimum atomic E-state index is -0.413. The molecule has 3 heterocycles. The van der Waals surface area contributed by atoms with Crippen LogP contribution in [-0.4, -0.2) is 66.7 Å². The number of nitrogens with one attached hydrogen (secondary N) is 1. The number of ether oxygens (including phenoxy) is 1. The summed E-state index contributed by atoms with van der Waals surface area (Å²) in [5.74, 6) is 1.33. The number of oxazole rings is 1. The second kappa shape index (κ2) is 8.68. The van der Waals surface area contributed by atoms with Crippen molar-refractivity contribution in [1.82, 2.24) is 14.4 Å². The fourth-order valence-electron chi connectivity index (χ4n) is 5.53. The zero-order valence-electron chi connectivity index (χ0n) is 19.3. The largest absolute Gasteiger partial charge is 0.497 e. The minimum Gasteiger partial charge on any atom is -0.497 e. The van der Waals surface area contributed by atoms with Gasteiger partial charge in [0.25, 0.3) is 0 Å². The predicted molar refractivity (Wildman–Crippen MR) is 127 cm³/mol. The molecule has 0 saturated carbocycles. The Bertz CT molecular complexity index is 1220. The molecule has 33 heavy (non-hydrogen) atoms. The van der Waals surface area contributed by atoms with Crippen LogP contribution in [0.2, 0.25) is 0 Å². The van der Waals surface area contributed by atoms with Crippen LogP contribution >= 0.6 is 0 Å². The van der Waals surface area contributed by atoms with Gasteiger partial charge in [0.1, 0.15) is 5.75 Å². The number of aromatic nitrogens is 1. The van der Waals surface area contributed by atoms with E-state index >= 15 is 0 Å². The number of anilines is 1. The molecule has 8 nitrogen and oxygen atoms in total. The van der Waals surface area contributed by atoms with Gasteiger partial charge in [-0.05, 0) is 49.2 Å². The van der Waals surface area contributed by atoms with Crippen molar-refractivity contribution in [2.45, 2.75) is 18.4 Å². The van der Waals surface area contributed by atoms with Crippen LogP contribution in [0.15, 0.2) is 51.7 Å². The van der Waals surface area contributed by atoms with Crippen LogP contribution in [0, 0.1) is 5.92 Å². The average molecular weight is 451 g/mol. The fourth-order valence-corrected chi connectivity index (χ4v) is 5.53. The highest BCUT2D eigenvalue weighted by Gasteiger charge is 2.43. The molecule has 5 rings (SSSR count). The number of carbonyl (C=O) groups is 1. The Balaban J connectivity index is 1.25. The predicted octanol–water partition coefficient (Wildman–Crippen LogP) is 2.50. The number of rotatable bonds is 5. The number of nitrogens with zero attached hydrogens (tertiary/aromatic N) is 3. The Morgan fingerprint density at radius 3 is 2.70 bits per heavy atom. The maximum absolute atomic E-state index is 12.8. The van der Waals surface area contributed by atoms with E-state index in [-0.39, 0.29) is 5.91 Å². The molecule has 2 aliphatic heterocycles. The first-order chi connectivity index (χ1) is 15.9. The quantitative estimate of drug-likeness (QED) is 0.644. The summed E-state index contributed by atoms with van der Waals surface area (Å²) in [7, 11) is 5.56. The highest BCUT2D eigenvalue weighted by Crippen LogP contribution is 2.41. The second-order valence-electron chi connectivity index (χ2n) is 9.23. The van der Waals surface area contributed by atoms with Gasteiger partial charge in [0, 0.05) is 50.4 Å². The Morgan fingerprint density at radius 1 is 1.15 bits per heavy atom. The van der Waals surface area contributed by atoms with Gasteiger partial charge in [-0.1, -0.05) is 12.1 Å². The van der Waals surface area contributed by atoms with E-state index in [1.165, 1.54) is 10.1 Å². The normalized spacial score (nSPS) is 23.5. The van der Waals surface area contributed by atoms with E-state index in [0.29, 0.717) is 41.2 Å². The molecular formula is C25H30N4O4. The number of hydrogen-bond acceptors (Lipinski definition) is 6. The first-order valence-corrected chi connectivity index (χ1v) is 11.4. The number of hydrogen-bond donors (Lipinski definition) is 1. The first kappa shape index (κ1) is 21.7. The van der Waals surface area contributed by atoms with Crippen molar-refractivity contribution in [3.8, 4) is 5.75 Å². The molecule has 2 aromatic carbocycles. The van der Waals surface area contributed by atoms with Crippen LogP contribution in [0.4, 0.5) is 5.69 Å². The molecule has 0 bridgehead atoms. The van der Waals surface area contributed by atoms with E-state index in [0.717, 1.165) is 31.8 Å². The Labute approximate surface area is 192 Å². The highest BCUT2D eigenvalue weighted by atomic mass is 16.5. The van der Waals surface area contributed by atoms with Gasteiger partial charge >= 0.3 is 5.76 Å². The molecule has 0 radical (unpaired) electrons. The maximum Gasteiger partial charge on any atom is 0.419 e. The molecule has 2 aliphatic rings. The van der Waals surface area contributed by atoms with Crippen LogP contribution < -0.4 is 15.8 Å². The summed E-state index contributed by atoms with van der Waals surface area (Å²) >= 11 is 0. The van der Waals surface area contributed by atoms with E-state index in [4.69, 9.17) is 9.15 Å². The van der Waals surface area contributed by atoms with E-state index < -0.39 is 5.76 Å². The van der Waals surface area contributed by atoms with Crippen molar-refractivity contribution in [2.75, 3.05) is 45.7 Å². The third kappa shape index (κ3) is 4.16. The van der Waals surface area contributed by atoms with E-state index in [9.17, 15) is 9.59 Å². The summed E-state index contributed by atoms with van der Waals surface area (Å²) in [6.07, 6.45) is 1.06. The minimum absolute atomic E-state index is 0.0570. The van der Waals surface area contributed by atoms with Crippen molar-refractivity contribution in [2.24, 2.45) is 13.0 Å². The number of aryl methyl sites for hydroxylation is 1. The summed E-state index contributed by atoms with van der Waals surface area (Å²) in [6.45, 7) is 3.18.